The van der Waals surface area contributed by atoms with Crippen LogP contribution in [0.2, 0.25) is 0 Å². The molecular weight excluding hydrogens is 250 g/mol. The first kappa shape index (κ1) is 13.5. The SMILES string of the molecule is COc1ccc([N+](=O)[O-])c(NC2(CO)CCCC2)n1. The van der Waals surface area contributed by atoms with E-state index in [1.807, 2.05) is 0 Å². The minimum Gasteiger partial charge on any atom is -0.481 e. The van der Waals surface area contributed by atoms with Gasteiger partial charge < -0.3 is 15.2 Å². The van der Waals surface area contributed by atoms with Crippen LogP contribution in [0.1, 0.15) is 25.7 Å². The Morgan fingerprint density at radius 1 is 1.53 bits per heavy atom. The molecule has 0 radical (unpaired) electrons. The van der Waals surface area contributed by atoms with Crippen molar-refractivity contribution in [1.29, 1.82) is 0 Å². The van der Waals surface area contributed by atoms with Crippen LogP contribution in [0.3, 0.4) is 0 Å². The van der Waals surface area contributed by atoms with Gasteiger partial charge in [0.2, 0.25) is 11.7 Å². The Hall–Kier alpha value is -1.89. The molecule has 0 aromatic carbocycles. The minimum atomic E-state index is -0.510. The first-order chi connectivity index (χ1) is 9.10. The van der Waals surface area contributed by atoms with Gasteiger partial charge in [0.25, 0.3) is 0 Å². The maximum Gasteiger partial charge on any atom is 0.311 e. The Bertz CT molecular complexity index is 472. The van der Waals surface area contributed by atoms with Gasteiger partial charge in [-0.3, -0.25) is 10.1 Å². The number of aromatic nitrogens is 1. The number of ether oxygens (including phenoxy) is 1. The van der Waals surface area contributed by atoms with Crippen LogP contribution in [0.25, 0.3) is 0 Å². The number of hydrogen-bond donors (Lipinski definition) is 2. The van der Waals surface area contributed by atoms with Crippen molar-refractivity contribution in [3.05, 3.63) is 22.2 Å². The molecule has 0 aliphatic heterocycles. The molecule has 19 heavy (non-hydrogen) atoms. The average molecular weight is 267 g/mol. The molecule has 2 N–H and O–H groups in total. The molecule has 104 valence electrons. The molecule has 1 aliphatic carbocycles. The minimum absolute atomic E-state index is 0.0664. The Morgan fingerprint density at radius 3 is 2.74 bits per heavy atom. The second-order valence-electron chi connectivity index (χ2n) is 4.75. The monoisotopic (exact) mass is 267 g/mol. The van der Waals surface area contributed by atoms with Gasteiger partial charge in [0, 0.05) is 12.1 Å². The molecule has 0 spiro atoms. The van der Waals surface area contributed by atoms with E-state index in [0.29, 0.717) is 5.88 Å². The summed E-state index contributed by atoms with van der Waals surface area (Å²) in [4.78, 5) is 14.6. The summed E-state index contributed by atoms with van der Waals surface area (Å²) in [5.41, 5.74) is -0.620. The largest absolute Gasteiger partial charge is 0.481 e. The highest BCUT2D eigenvalue weighted by Crippen LogP contribution is 2.35. The first-order valence-electron chi connectivity index (χ1n) is 6.19. The van der Waals surface area contributed by atoms with Gasteiger partial charge in [-0.2, -0.15) is 4.98 Å². The Labute approximate surface area is 110 Å². The van der Waals surface area contributed by atoms with Crippen molar-refractivity contribution < 1.29 is 14.8 Å². The van der Waals surface area contributed by atoms with Crippen LogP contribution >= 0.6 is 0 Å². The molecule has 0 amide bonds. The lowest BCUT2D eigenvalue weighted by molar-refractivity contribution is -0.384. The molecule has 0 saturated heterocycles. The fourth-order valence-electron chi connectivity index (χ4n) is 2.41. The molecule has 1 saturated carbocycles. The Balaban J connectivity index is 2.33. The molecule has 1 aromatic heterocycles. The number of methoxy groups -OCH3 is 1. The highest BCUT2D eigenvalue weighted by molar-refractivity contribution is 5.58. The maximum atomic E-state index is 11.0. The van der Waals surface area contributed by atoms with Crippen LogP contribution in [0, 0.1) is 10.1 Å². The summed E-state index contributed by atoms with van der Waals surface area (Å²) in [7, 11) is 1.45. The van der Waals surface area contributed by atoms with E-state index in [0.717, 1.165) is 25.7 Å². The van der Waals surface area contributed by atoms with Crippen molar-refractivity contribution in [2.75, 3.05) is 19.0 Å². The fourth-order valence-corrected chi connectivity index (χ4v) is 2.41. The van der Waals surface area contributed by atoms with Crippen LogP contribution in [-0.2, 0) is 0 Å². The zero-order valence-electron chi connectivity index (χ0n) is 10.8. The van der Waals surface area contributed by atoms with E-state index in [4.69, 9.17) is 4.74 Å². The highest BCUT2D eigenvalue weighted by Gasteiger charge is 2.35. The lowest BCUT2D eigenvalue weighted by atomic mass is 9.99. The molecule has 1 aliphatic rings. The third-order valence-electron chi connectivity index (χ3n) is 3.50. The smallest absolute Gasteiger partial charge is 0.311 e. The normalized spacial score (nSPS) is 17.2. The topological polar surface area (TPSA) is 97.5 Å². The van der Waals surface area contributed by atoms with Crippen LogP contribution in [0.5, 0.6) is 5.88 Å². The number of nitrogens with zero attached hydrogens (tertiary/aromatic N) is 2. The molecule has 2 rings (SSSR count). The number of anilines is 1. The van der Waals surface area contributed by atoms with Gasteiger partial charge in [-0.05, 0) is 12.8 Å². The lowest BCUT2D eigenvalue weighted by Gasteiger charge is -2.28. The maximum absolute atomic E-state index is 11.0. The number of nitro groups is 1. The summed E-state index contributed by atoms with van der Waals surface area (Å²) in [5, 5.41) is 23.6. The van der Waals surface area contributed by atoms with Gasteiger partial charge in [-0.15, -0.1) is 0 Å². The molecule has 7 heteroatoms. The van der Waals surface area contributed by atoms with Gasteiger partial charge in [0.1, 0.15) is 0 Å². The Morgan fingerprint density at radius 2 is 2.21 bits per heavy atom. The zero-order chi connectivity index (χ0) is 13.9. The van der Waals surface area contributed by atoms with E-state index in [1.54, 1.807) is 0 Å². The van der Waals surface area contributed by atoms with Crippen molar-refractivity contribution in [3.63, 3.8) is 0 Å². The summed E-state index contributed by atoms with van der Waals surface area (Å²) in [5.74, 6) is 0.458. The van der Waals surface area contributed by atoms with Crippen molar-refractivity contribution in [1.82, 2.24) is 4.98 Å². The molecule has 1 fully saturated rings. The van der Waals surface area contributed by atoms with E-state index in [1.165, 1.54) is 19.2 Å². The molecule has 1 heterocycles. The summed E-state index contributed by atoms with van der Waals surface area (Å²) < 4.78 is 4.98. The average Bonchev–Trinajstić information content (AvgIpc) is 2.87. The molecular formula is C12H17N3O4. The molecule has 7 nitrogen and oxygen atoms in total. The molecule has 0 atom stereocenters. The van der Waals surface area contributed by atoms with Crippen LogP contribution in [0.15, 0.2) is 12.1 Å². The fraction of sp³-hybridized carbons (Fsp3) is 0.583. The summed E-state index contributed by atoms with van der Waals surface area (Å²) in [6.07, 6.45) is 3.54. The summed E-state index contributed by atoms with van der Waals surface area (Å²) >= 11 is 0. The van der Waals surface area contributed by atoms with Gasteiger partial charge in [-0.1, -0.05) is 12.8 Å². The van der Waals surface area contributed by atoms with E-state index >= 15 is 0 Å². The van der Waals surface area contributed by atoms with E-state index < -0.39 is 10.5 Å². The third-order valence-corrected chi connectivity index (χ3v) is 3.50. The summed E-state index contributed by atoms with van der Waals surface area (Å²) in [6.45, 7) is -0.0664. The van der Waals surface area contributed by atoms with Crippen molar-refractivity contribution in [2.24, 2.45) is 0 Å². The number of rotatable bonds is 5. The van der Waals surface area contributed by atoms with Gasteiger partial charge in [0.15, 0.2) is 0 Å². The van der Waals surface area contributed by atoms with Crippen molar-refractivity contribution >= 4 is 11.5 Å². The molecule has 0 bridgehead atoms. The quantitative estimate of drug-likeness (QED) is 0.622. The standard InChI is InChI=1S/C12H17N3O4/c1-19-10-5-4-9(15(17)18)11(13-10)14-12(8-16)6-2-3-7-12/h4-5,16H,2-3,6-8H2,1H3,(H,13,14). The van der Waals surface area contributed by atoms with Gasteiger partial charge >= 0.3 is 5.69 Å². The third kappa shape index (κ3) is 2.76. The Kier molecular flexibility index (Phi) is 3.84. The first-order valence-corrected chi connectivity index (χ1v) is 6.19. The predicted molar refractivity (Wildman–Crippen MR) is 69.4 cm³/mol. The van der Waals surface area contributed by atoms with Crippen molar-refractivity contribution in [2.45, 2.75) is 31.2 Å². The second-order valence-corrected chi connectivity index (χ2v) is 4.75. The molecule has 0 unspecified atom stereocenters. The molecule has 1 aromatic rings. The highest BCUT2D eigenvalue weighted by atomic mass is 16.6. The van der Waals surface area contributed by atoms with Crippen LogP contribution in [-0.4, -0.2) is 34.3 Å². The second kappa shape index (κ2) is 5.40. The van der Waals surface area contributed by atoms with E-state index in [2.05, 4.69) is 10.3 Å². The number of nitrogens with one attached hydrogen (secondary N) is 1. The predicted octanol–water partition coefficient (Wildman–Crippen LogP) is 1.72. The number of hydrogen-bond acceptors (Lipinski definition) is 6. The van der Waals surface area contributed by atoms with E-state index in [-0.39, 0.29) is 18.1 Å². The number of pyridine rings is 1. The lowest BCUT2D eigenvalue weighted by Crippen LogP contribution is -2.39. The van der Waals surface area contributed by atoms with E-state index in [9.17, 15) is 15.2 Å². The zero-order valence-corrected chi connectivity index (χ0v) is 10.8. The van der Waals surface area contributed by atoms with Gasteiger partial charge in [0.05, 0.1) is 24.2 Å². The number of aliphatic hydroxyl groups is 1. The van der Waals surface area contributed by atoms with Crippen molar-refractivity contribution in [3.8, 4) is 5.88 Å². The van der Waals surface area contributed by atoms with Crippen LogP contribution in [0.4, 0.5) is 11.5 Å². The number of aliphatic hydroxyl groups excluding tert-OH is 1. The van der Waals surface area contributed by atoms with Crippen LogP contribution < -0.4 is 10.1 Å². The van der Waals surface area contributed by atoms with Gasteiger partial charge in [-0.25, -0.2) is 0 Å². The summed E-state index contributed by atoms with van der Waals surface area (Å²) in [6, 6.07) is 2.80.